The van der Waals surface area contributed by atoms with Crippen LogP contribution in [0.5, 0.6) is 0 Å². The zero-order valence-electron chi connectivity index (χ0n) is 12.6. The second-order valence-corrected chi connectivity index (χ2v) is 4.94. The van der Waals surface area contributed by atoms with Crippen LogP contribution in [0, 0.1) is 10.1 Å². The SMILES string of the molecule is Cl.NCCCCCCC(=O)NCCc1ccccc1[N+](=O)[O-]. The Labute approximate surface area is 137 Å². The van der Waals surface area contributed by atoms with E-state index in [1.807, 2.05) is 0 Å². The van der Waals surface area contributed by atoms with Crippen LogP contribution in [0.2, 0.25) is 0 Å². The quantitative estimate of drug-likeness (QED) is 0.391. The van der Waals surface area contributed by atoms with E-state index in [0.717, 1.165) is 25.7 Å². The summed E-state index contributed by atoms with van der Waals surface area (Å²) in [4.78, 5) is 22.1. The van der Waals surface area contributed by atoms with Crippen molar-refractivity contribution in [1.29, 1.82) is 0 Å². The Morgan fingerprint density at radius 2 is 1.86 bits per heavy atom. The molecule has 0 aliphatic heterocycles. The zero-order valence-corrected chi connectivity index (χ0v) is 13.4. The maximum Gasteiger partial charge on any atom is 0.272 e. The maximum atomic E-state index is 11.6. The lowest BCUT2D eigenvalue weighted by atomic mass is 10.1. The number of unbranched alkanes of at least 4 members (excludes halogenated alkanes) is 3. The normalized spacial score (nSPS) is 9.86. The Hall–Kier alpha value is -1.66. The minimum absolute atomic E-state index is 0. The van der Waals surface area contributed by atoms with Crippen molar-refractivity contribution in [3.05, 3.63) is 39.9 Å². The number of nitrogens with two attached hydrogens (primary N) is 1. The van der Waals surface area contributed by atoms with Gasteiger partial charge in [0, 0.05) is 24.6 Å². The summed E-state index contributed by atoms with van der Waals surface area (Å²) in [6.45, 7) is 1.12. The van der Waals surface area contributed by atoms with E-state index in [2.05, 4.69) is 5.32 Å². The molecule has 0 fully saturated rings. The Morgan fingerprint density at radius 1 is 1.18 bits per heavy atom. The van der Waals surface area contributed by atoms with Crippen LogP contribution in [0.1, 0.15) is 37.7 Å². The first-order valence-electron chi connectivity index (χ1n) is 7.34. The third-order valence-electron chi connectivity index (χ3n) is 3.26. The van der Waals surface area contributed by atoms with E-state index in [-0.39, 0.29) is 24.0 Å². The fourth-order valence-electron chi connectivity index (χ4n) is 2.11. The number of nitrogens with one attached hydrogen (secondary N) is 1. The fraction of sp³-hybridized carbons (Fsp3) is 0.533. The second-order valence-electron chi connectivity index (χ2n) is 4.94. The smallest absolute Gasteiger partial charge is 0.272 e. The Kier molecular flexibility index (Phi) is 11.0. The molecular formula is C15H24ClN3O3. The van der Waals surface area contributed by atoms with Gasteiger partial charge < -0.3 is 11.1 Å². The molecule has 0 spiro atoms. The topological polar surface area (TPSA) is 98.3 Å². The summed E-state index contributed by atoms with van der Waals surface area (Å²) in [5.74, 6) is 0.00123. The van der Waals surface area contributed by atoms with Gasteiger partial charge in [-0.25, -0.2) is 0 Å². The van der Waals surface area contributed by atoms with Gasteiger partial charge >= 0.3 is 0 Å². The van der Waals surface area contributed by atoms with E-state index in [0.29, 0.717) is 31.5 Å². The Balaban J connectivity index is 0.00000441. The van der Waals surface area contributed by atoms with E-state index in [1.54, 1.807) is 18.2 Å². The van der Waals surface area contributed by atoms with Crippen molar-refractivity contribution in [3.63, 3.8) is 0 Å². The Bertz CT molecular complexity index is 469. The van der Waals surface area contributed by atoms with Crippen LogP contribution in [-0.2, 0) is 11.2 Å². The van der Waals surface area contributed by atoms with Gasteiger partial charge in [0.1, 0.15) is 0 Å². The van der Waals surface area contributed by atoms with Gasteiger partial charge in [0.15, 0.2) is 0 Å². The van der Waals surface area contributed by atoms with Crippen LogP contribution >= 0.6 is 12.4 Å². The average Bonchev–Trinajstić information content (AvgIpc) is 2.47. The van der Waals surface area contributed by atoms with Gasteiger partial charge in [-0.1, -0.05) is 31.0 Å². The molecule has 0 radical (unpaired) electrons. The molecule has 0 aliphatic carbocycles. The van der Waals surface area contributed by atoms with Crippen LogP contribution in [0.3, 0.4) is 0 Å². The number of carbonyl (C=O) groups excluding carboxylic acids is 1. The summed E-state index contributed by atoms with van der Waals surface area (Å²) in [6, 6.07) is 6.61. The van der Waals surface area contributed by atoms with Crippen LogP contribution in [0.4, 0.5) is 5.69 Å². The van der Waals surface area contributed by atoms with Gasteiger partial charge in [-0.05, 0) is 25.8 Å². The summed E-state index contributed by atoms with van der Waals surface area (Å²) in [6.07, 6.45) is 4.89. The summed E-state index contributed by atoms with van der Waals surface area (Å²) >= 11 is 0. The zero-order chi connectivity index (χ0) is 15.5. The monoisotopic (exact) mass is 329 g/mol. The van der Waals surface area contributed by atoms with Crippen molar-refractivity contribution in [2.75, 3.05) is 13.1 Å². The largest absolute Gasteiger partial charge is 0.356 e. The van der Waals surface area contributed by atoms with Crippen LogP contribution in [0.25, 0.3) is 0 Å². The highest BCUT2D eigenvalue weighted by atomic mass is 35.5. The predicted octanol–water partition coefficient (Wildman–Crippen LogP) is 2.58. The van der Waals surface area contributed by atoms with Gasteiger partial charge in [0.25, 0.3) is 5.69 Å². The number of benzene rings is 1. The number of halogens is 1. The number of rotatable bonds is 10. The first-order valence-corrected chi connectivity index (χ1v) is 7.34. The lowest BCUT2D eigenvalue weighted by Gasteiger charge is -2.06. The number of hydrogen-bond acceptors (Lipinski definition) is 4. The molecule has 3 N–H and O–H groups in total. The number of nitro benzene ring substituents is 1. The average molecular weight is 330 g/mol. The number of carbonyl (C=O) groups is 1. The molecule has 1 aromatic carbocycles. The second kappa shape index (κ2) is 11.9. The molecule has 0 heterocycles. The van der Waals surface area contributed by atoms with E-state index in [9.17, 15) is 14.9 Å². The van der Waals surface area contributed by atoms with E-state index in [4.69, 9.17) is 5.73 Å². The number of amides is 1. The lowest BCUT2D eigenvalue weighted by molar-refractivity contribution is -0.385. The highest BCUT2D eigenvalue weighted by molar-refractivity contribution is 5.85. The van der Waals surface area contributed by atoms with Gasteiger partial charge in [-0.15, -0.1) is 12.4 Å². The molecule has 22 heavy (non-hydrogen) atoms. The molecule has 0 unspecified atom stereocenters. The molecule has 0 aromatic heterocycles. The fourth-order valence-corrected chi connectivity index (χ4v) is 2.11. The molecule has 0 atom stereocenters. The molecule has 1 rings (SSSR count). The molecule has 0 saturated carbocycles. The number of para-hydroxylation sites is 1. The highest BCUT2D eigenvalue weighted by Crippen LogP contribution is 2.17. The molecule has 1 amide bonds. The van der Waals surface area contributed by atoms with Crippen molar-refractivity contribution in [2.24, 2.45) is 5.73 Å². The molecule has 1 aromatic rings. The number of nitrogens with zero attached hydrogens (tertiary/aromatic N) is 1. The molecule has 6 nitrogen and oxygen atoms in total. The maximum absolute atomic E-state index is 11.6. The van der Waals surface area contributed by atoms with E-state index >= 15 is 0 Å². The first kappa shape index (κ1) is 20.3. The van der Waals surface area contributed by atoms with Gasteiger partial charge in [-0.3, -0.25) is 14.9 Å². The van der Waals surface area contributed by atoms with Gasteiger partial charge in [-0.2, -0.15) is 0 Å². The summed E-state index contributed by atoms with van der Waals surface area (Å²) < 4.78 is 0. The standard InChI is InChI=1S/C15H23N3O3.ClH/c16-11-6-2-1-3-9-15(19)17-12-10-13-7-4-5-8-14(13)18(20)21;/h4-5,7-8H,1-3,6,9-12,16H2,(H,17,19);1H. The first-order chi connectivity index (χ1) is 10.1. The van der Waals surface area contributed by atoms with Crippen molar-refractivity contribution in [1.82, 2.24) is 5.32 Å². The minimum Gasteiger partial charge on any atom is -0.356 e. The van der Waals surface area contributed by atoms with Crippen LogP contribution in [0.15, 0.2) is 24.3 Å². The van der Waals surface area contributed by atoms with Crippen LogP contribution < -0.4 is 11.1 Å². The van der Waals surface area contributed by atoms with E-state index in [1.165, 1.54) is 6.07 Å². The summed E-state index contributed by atoms with van der Waals surface area (Å²) in [5, 5.41) is 13.7. The molecule has 0 bridgehead atoms. The number of nitro groups is 1. The van der Waals surface area contributed by atoms with Gasteiger partial charge in [0.2, 0.25) is 5.91 Å². The lowest BCUT2D eigenvalue weighted by Crippen LogP contribution is -2.25. The molecular weight excluding hydrogens is 306 g/mol. The predicted molar refractivity (Wildman–Crippen MR) is 89.2 cm³/mol. The van der Waals surface area contributed by atoms with Crippen molar-refractivity contribution < 1.29 is 9.72 Å². The highest BCUT2D eigenvalue weighted by Gasteiger charge is 2.11. The minimum atomic E-state index is -0.394. The van der Waals surface area contributed by atoms with Crippen molar-refractivity contribution in [2.45, 2.75) is 38.5 Å². The van der Waals surface area contributed by atoms with Gasteiger partial charge in [0.05, 0.1) is 4.92 Å². The Morgan fingerprint density at radius 3 is 2.55 bits per heavy atom. The third-order valence-corrected chi connectivity index (χ3v) is 3.26. The molecule has 7 heteroatoms. The van der Waals surface area contributed by atoms with E-state index < -0.39 is 4.92 Å². The van der Waals surface area contributed by atoms with Crippen molar-refractivity contribution >= 4 is 24.0 Å². The van der Waals surface area contributed by atoms with Crippen molar-refractivity contribution in [3.8, 4) is 0 Å². The summed E-state index contributed by atoms with van der Waals surface area (Å²) in [7, 11) is 0. The number of hydrogen-bond donors (Lipinski definition) is 2. The van der Waals surface area contributed by atoms with Crippen LogP contribution in [-0.4, -0.2) is 23.9 Å². The third kappa shape index (κ3) is 7.95. The molecule has 0 aliphatic rings. The summed E-state index contributed by atoms with van der Waals surface area (Å²) in [5.41, 5.74) is 6.15. The molecule has 0 saturated heterocycles. The molecule has 124 valence electrons.